The molecule has 246 valence electrons. The van der Waals surface area contributed by atoms with E-state index in [0.717, 1.165) is 47.5 Å². The molecule has 0 spiro atoms. The molecule has 1 aliphatic rings. The SMILES string of the molecule is CC[C@@H](C(=O)NC1CCCCC1)N(Cc1ccccc1)C(=O)CN(c1ccc(Oc2ccccc2)cc1)S(=O)(=O)c1ccc(C)cc1. The Morgan fingerprint density at radius 1 is 0.809 bits per heavy atom. The number of carbonyl (C=O) groups is 2. The van der Waals surface area contributed by atoms with Crippen LogP contribution < -0.4 is 14.4 Å². The first-order valence-electron chi connectivity index (χ1n) is 16.3. The van der Waals surface area contributed by atoms with Gasteiger partial charge in [-0.2, -0.15) is 0 Å². The van der Waals surface area contributed by atoms with Gasteiger partial charge >= 0.3 is 0 Å². The van der Waals surface area contributed by atoms with Gasteiger partial charge < -0.3 is 15.0 Å². The van der Waals surface area contributed by atoms with E-state index in [1.165, 1.54) is 4.90 Å². The third-order valence-electron chi connectivity index (χ3n) is 8.52. The summed E-state index contributed by atoms with van der Waals surface area (Å²) in [6.45, 7) is 3.43. The van der Waals surface area contributed by atoms with Crippen molar-refractivity contribution in [1.82, 2.24) is 10.2 Å². The number of amides is 2. The van der Waals surface area contributed by atoms with Crippen molar-refractivity contribution in [2.45, 2.75) is 75.9 Å². The number of ether oxygens (including phenoxy) is 1. The Morgan fingerprint density at radius 2 is 1.40 bits per heavy atom. The fourth-order valence-corrected chi connectivity index (χ4v) is 7.33. The molecule has 2 amide bonds. The number of anilines is 1. The van der Waals surface area contributed by atoms with Crippen LogP contribution in [0.5, 0.6) is 11.5 Å². The summed E-state index contributed by atoms with van der Waals surface area (Å²) < 4.78 is 35.5. The first-order chi connectivity index (χ1) is 22.7. The van der Waals surface area contributed by atoms with E-state index in [4.69, 9.17) is 4.74 Å². The van der Waals surface area contributed by atoms with E-state index in [9.17, 15) is 18.0 Å². The first kappa shape index (κ1) is 33.7. The molecule has 1 atom stereocenters. The zero-order chi connectivity index (χ0) is 33.2. The van der Waals surface area contributed by atoms with Gasteiger partial charge in [-0.25, -0.2) is 8.42 Å². The molecule has 0 saturated heterocycles. The Bertz CT molecular complexity index is 1710. The van der Waals surface area contributed by atoms with Crippen molar-refractivity contribution in [3.63, 3.8) is 0 Å². The average Bonchev–Trinajstić information content (AvgIpc) is 3.09. The number of rotatable bonds is 13. The van der Waals surface area contributed by atoms with Crippen LogP contribution in [0.4, 0.5) is 5.69 Å². The molecule has 47 heavy (non-hydrogen) atoms. The van der Waals surface area contributed by atoms with Gasteiger partial charge in [-0.05, 0) is 80.3 Å². The molecule has 1 N–H and O–H groups in total. The van der Waals surface area contributed by atoms with Gasteiger partial charge in [0.1, 0.15) is 24.1 Å². The topological polar surface area (TPSA) is 96.0 Å². The van der Waals surface area contributed by atoms with Crippen molar-refractivity contribution in [3.05, 3.63) is 120 Å². The number of sulfonamides is 1. The number of nitrogens with one attached hydrogen (secondary N) is 1. The molecule has 0 radical (unpaired) electrons. The number of benzene rings is 4. The number of aryl methyl sites for hydroxylation is 1. The number of carbonyl (C=O) groups excluding carboxylic acids is 2. The Hall–Kier alpha value is -4.63. The standard InChI is InChI=1S/C38H43N3O5S/c1-3-36(38(43)39-31-15-9-5-10-16-31)40(27-30-13-7-4-8-14-30)37(42)28-41(47(44,45)35-25-19-29(2)20-26-35)32-21-23-34(24-22-32)46-33-17-11-6-12-18-33/h4,6-8,11-14,17-26,31,36H,3,5,9-10,15-16,27-28H2,1-2H3,(H,39,43)/t36-/m0/s1. The Balaban J connectivity index is 1.47. The largest absolute Gasteiger partial charge is 0.457 e. The third kappa shape index (κ3) is 8.80. The monoisotopic (exact) mass is 653 g/mol. The number of nitrogens with zero attached hydrogens (tertiary/aromatic N) is 2. The molecular weight excluding hydrogens is 611 g/mol. The summed E-state index contributed by atoms with van der Waals surface area (Å²) >= 11 is 0. The summed E-state index contributed by atoms with van der Waals surface area (Å²) in [5, 5.41) is 3.18. The van der Waals surface area contributed by atoms with Crippen LogP contribution in [-0.4, -0.2) is 43.8 Å². The van der Waals surface area contributed by atoms with Gasteiger partial charge in [0.15, 0.2) is 0 Å². The molecule has 0 heterocycles. The lowest BCUT2D eigenvalue weighted by Gasteiger charge is -2.34. The summed E-state index contributed by atoms with van der Waals surface area (Å²) in [4.78, 5) is 29.7. The van der Waals surface area contributed by atoms with Crippen molar-refractivity contribution in [2.24, 2.45) is 0 Å². The average molecular weight is 654 g/mol. The fourth-order valence-electron chi connectivity index (χ4n) is 5.92. The van der Waals surface area contributed by atoms with Crippen LogP contribution in [0, 0.1) is 6.92 Å². The van der Waals surface area contributed by atoms with Gasteiger partial charge in [0.2, 0.25) is 11.8 Å². The van der Waals surface area contributed by atoms with E-state index >= 15 is 0 Å². The predicted octanol–water partition coefficient (Wildman–Crippen LogP) is 7.24. The molecular formula is C38H43N3O5S. The van der Waals surface area contributed by atoms with E-state index in [2.05, 4.69) is 5.32 Å². The highest BCUT2D eigenvalue weighted by molar-refractivity contribution is 7.92. The van der Waals surface area contributed by atoms with Crippen LogP contribution in [0.2, 0.25) is 0 Å². The Morgan fingerprint density at radius 3 is 2.02 bits per heavy atom. The van der Waals surface area contributed by atoms with E-state index < -0.39 is 28.5 Å². The molecule has 0 unspecified atom stereocenters. The van der Waals surface area contributed by atoms with Gasteiger partial charge in [0, 0.05) is 12.6 Å². The third-order valence-corrected chi connectivity index (χ3v) is 10.3. The second-order valence-corrected chi connectivity index (χ2v) is 13.9. The second kappa shape index (κ2) is 15.8. The van der Waals surface area contributed by atoms with E-state index in [1.807, 2.05) is 74.5 Å². The second-order valence-electron chi connectivity index (χ2n) is 12.0. The van der Waals surface area contributed by atoms with Crippen LogP contribution in [0.1, 0.15) is 56.6 Å². The van der Waals surface area contributed by atoms with E-state index in [0.29, 0.717) is 23.6 Å². The minimum atomic E-state index is -4.17. The number of hydrogen-bond donors (Lipinski definition) is 1. The fraction of sp³-hybridized carbons (Fsp3) is 0.316. The molecule has 0 aliphatic heterocycles. The van der Waals surface area contributed by atoms with Crippen molar-refractivity contribution in [2.75, 3.05) is 10.8 Å². The Kier molecular flexibility index (Phi) is 11.3. The maximum absolute atomic E-state index is 14.4. The lowest BCUT2D eigenvalue weighted by molar-refractivity contribution is -0.140. The molecule has 5 rings (SSSR count). The highest BCUT2D eigenvalue weighted by atomic mass is 32.2. The van der Waals surface area contributed by atoms with Gasteiger partial charge in [-0.3, -0.25) is 13.9 Å². The smallest absolute Gasteiger partial charge is 0.264 e. The molecule has 9 heteroatoms. The van der Waals surface area contributed by atoms with Gasteiger partial charge in [0.25, 0.3) is 10.0 Å². The van der Waals surface area contributed by atoms with E-state index in [1.54, 1.807) is 48.5 Å². The summed E-state index contributed by atoms with van der Waals surface area (Å²) in [6.07, 6.45) is 5.51. The molecule has 0 aromatic heterocycles. The maximum atomic E-state index is 14.4. The van der Waals surface area contributed by atoms with Gasteiger partial charge in [-0.15, -0.1) is 0 Å². The summed E-state index contributed by atoms with van der Waals surface area (Å²) in [6, 6.07) is 31.2. The first-order valence-corrected chi connectivity index (χ1v) is 17.7. The van der Waals surface area contributed by atoms with Crippen LogP contribution in [-0.2, 0) is 26.2 Å². The lowest BCUT2D eigenvalue weighted by Crippen LogP contribution is -2.54. The maximum Gasteiger partial charge on any atom is 0.264 e. The van der Waals surface area contributed by atoms with Crippen LogP contribution in [0.3, 0.4) is 0 Å². The molecule has 8 nitrogen and oxygen atoms in total. The predicted molar refractivity (Wildman–Crippen MR) is 185 cm³/mol. The minimum Gasteiger partial charge on any atom is -0.457 e. The van der Waals surface area contributed by atoms with Crippen molar-refractivity contribution in [3.8, 4) is 11.5 Å². The van der Waals surface area contributed by atoms with Crippen LogP contribution in [0.15, 0.2) is 114 Å². The molecule has 1 fully saturated rings. The Labute approximate surface area is 278 Å². The highest BCUT2D eigenvalue weighted by Gasteiger charge is 2.34. The molecule has 0 bridgehead atoms. The lowest BCUT2D eigenvalue weighted by atomic mass is 9.95. The quantitative estimate of drug-likeness (QED) is 0.164. The molecule has 1 saturated carbocycles. The summed E-state index contributed by atoms with van der Waals surface area (Å²) in [5.74, 6) is 0.488. The summed E-state index contributed by atoms with van der Waals surface area (Å²) in [5.41, 5.74) is 2.07. The zero-order valence-corrected chi connectivity index (χ0v) is 27.9. The summed E-state index contributed by atoms with van der Waals surface area (Å²) in [7, 11) is -4.17. The normalized spacial score (nSPS) is 14.2. The zero-order valence-electron chi connectivity index (χ0n) is 27.0. The van der Waals surface area contributed by atoms with Crippen molar-refractivity contribution < 1.29 is 22.7 Å². The van der Waals surface area contributed by atoms with Crippen molar-refractivity contribution in [1.29, 1.82) is 0 Å². The number of para-hydroxylation sites is 1. The number of hydrogen-bond acceptors (Lipinski definition) is 5. The van der Waals surface area contributed by atoms with Crippen LogP contribution in [0.25, 0.3) is 0 Å². The van der Waals surface area contributed by atoms with Gasteiger partial charge in [-0.1, -0.05) is 92.4 Å². The van der Waals surface area contributed by atoms with Crippen LogP contribution >= 0.6 is 0 Å². The van der Waals surface area contributed by atoms with Gasteiger partial charge in [0.05, 0.1) is 10.6 Å². The minimum absolute atomic E-state index is 0.0669. The van der Waals surface area contributed by atoms with Crippen molar-refractivity contribution >= 4 is 27.5 Å². The molecule has 4 aromatic carbocycles. The molecule has 4 aromatic rings. The molecule has 1 aliphatic carbocycles. The van der Waals surface area contributed by atoms with E-state index in [-0.39, 0.29) is 23.4 Å². The highest BCUT2D eigenvalue weighted by Crippen LogP contribution is 2.29.